The lowest BCUT2D eigenvalue weighted by atomic mass is 10.2. The van der Waals surface area contributed by atoms with E-state index in [9.17, 15) is 9.59 Å². The molecule has 2 aromatic rings. The predicted octanol–water partition coefficient (Wildman–Crippen LogP) is 2.06. The van der Waals surface area contributed by atoms with Gasteiger partial charge < -0.3 is 21.5 Å². The van der Waals surface area contributed by atoms with Gasteiger partial charge >= 0.3 is 5.97 Å². The van der Waals surface area contributed by atoms with Gasteiger partial charge in [-0.2, -0.15) is 0 Å². The number of amides is 1. The van der Waals surface area contributed by atoms with Crippen molar-refractivity contribution >= 4 is 34.8 Å². The Balaban J connectivity index is 2.20. The number of aromatic nitrogens is 1. The molecule has 1 aromatic carbocycles. The van der Waals surface area contributed by atoms with Gasteiger partial charge in [0, 0.05) is 24.5 Å². The Morgan fingerprint density at radius 1 is 1.14 bits per heavy atom. The molecule has 0 saturated carbocycles. The Morgan fingerprint density at radius 3 is 2.33 bits per heavy atom. The molecular weight excluding hydrogens is 272 g/mol. The summed E-state index contributed by atoms with van der Waals surface area (Å²) >= 11 is 0. The number of nitrogens with two attached hydrogens (primary N) is 1. The van der Waals surface area contributed by atoms with Crippen molar-refractivity contribution in [1.29, 1.82) is 0 Å². The number of carboxylic acids is 1. The van der Waals surface area contributed by atoms with Gasteiger partial charge in [0.2, 0.25) is 5.91 Å². The van der Waals surface area contributed by atoms with Gasteiger partial charge in [-0.15, -0.1) is 0 Å². The number of nitrogens with one attached hydrogen (secondary N) is 2. The average molecular weight is 286 g/mol. The minimum atomic E-state index is -1.11. The summed E-state index contributed by atoms with van der Waals surface area (Å²) in [5, 5.41) is 14.6. The van der Waals surface area contributed by atoms with Gasteiger partial charge in [0.1, 0.15) is 0 Å². The van der Waals surface area contributed by atoms with Crippen LogP contribution in [0.2, 0.25) is 0 Å². The van der Waals surface area contributed by atoms with E-state index in [2.05, 4.69) is 15.6 Å². The molecule has 21 heavy (non-hydrogen) atoms. The third-order valence-corrected chi connectivity index (χ3v) is 2.69. The summed E-state index contributed by atoms with van der Waals surface area (Å²) in [7, 11) is 0. The second kappa shape index (κ2) is 5.91. The lowest BCUT2D eigenvalue weighted by Gasteiger charge is -2.10. The monoisotopic (exact) mass is 286 g/mol. The van der Waals surface area contributed by atoms with Crippen LogP contribution in [0.25, 0.3) is 0 Å². The SMILES string of the molecule is CC(=O)Nc1ccc(Nc2nccc(C(=O)O)c2N)cc1. The van der Waals surface area contributed by atoms with Crippen LogP contribution >= 0.6 is 0 Å². The van der Waals surface area contributed by atoms with Crippen molar-refractivity contribution in [2.75, 3.05) is 16.4 Å². The van der Waals surface area contributed by atoms with Crippen LogP contribution in [-0.2, 0) is 4.79 Å². The van der Waals surface area contributed by atoms with Crippen molar-refractivity contribution in [3.05, 3.63) is 42.1 Å². The topological polar surface area (TPSA) is 117 Å². The molecule has 0 fully saturated rings. The summed E-state index contributed by atoms with van der Waals surface area (Å²) in [5.74, 6) is -1.00. The van der Waals surface area contributed by atoms with E-state index in [1.54, 1.807) is 24.3 Å². The fourth-order valence-corrected chi connectivity index (χ4v) is 1.74. The summed E-state index contributed by atoms with van der Waals surface area (Å²) in [6, 6.07) is 8.20. The number of benzene rings is 1. The van der Waals surface area contributed by atoms with Crippen LogP contribution in [0.15, 0.2) is 36.5 Å². The van der Waals surface area contributed by atoms with Gasteiger partial charge in [-0.25, -0.2) is 9.78 Å². The molecule has 7 nitrogen and oxygen atoms in total. The van der Waals surface area contributed by atoms with E-state index in [-0.39, 0.29) is 23.0 Å². The Morgan fingerprint density at radius 2 is 1.76 bits per heavy atom. The number of hydrogen-bond acceptors (Lipinski definition) is 5. The molecule has 1 aromatic heterocycles. The zero-order valence-electron chi connectivity index (χ0n) is 11.3. The Labute approximate surface area is 120 Å². The average Bonchev–Trinajstić information content (AvgIpc) is 2.42. The van der Waals surface area contributed by atoms with E-state index in [0.29, 0.717) is 11.4 Å². The summed E-state index contributed by atoms with van der Waals surface area (Å²) in [6.07, 6.45) is 1.37. The fraction of sp³-hybridized carbons (Fsp3) is 0.0714. The highest BCUT2D eigenvalue weighted by Gasteiger charge is 2.12. The van der Waals surface area contributed by atoms with Crippen LogP contribution in [0.5, 0.6) is 0 Å². The van der Waals surface area contributed by atoms with Gasteiger partial charge in [0.05, 0.1) is 11.3 Å². The third-order valence-electron chi connectivity index (χ3n) is 2.69. The molecule has 5 N–H and O–H groups in total. The van der Waals surface area contributed by atoms with Crippen LogP contribution in [0.3, 0.4) is 0 Å². The molecule has 0 radical (unpaired) electrons. The highest BCUT2D eigenvalue weighted by atomic mass is 16.4. The van der Waals surface area contributed by atoms with Crippen molar-refractivity contribution in [3.63, 3.8) is 0 Å². The van der Waals surface area contributed by atoms with Crippen LogP contribution < -0.4 is 16.4 Å². The van der Waals surface area contributed by atoms with Crippen molar-refractivity contribution in [2.45, 2.75) is 6.92 Å². The highest BCUT2D eigenvalue weighted by molar-refractivity contribution is 5.96. The molecule has 7 heteroatoms. The van der Waals surface area contributed by atoms with Crippen LogP contribution in [0.1, 0.15) is 17.3 Å². The van der Waals surface area contributed by atoms with E-state index < -0.39 is 5.97 Å². The van der Waals surface area contributed by atoms with Crippen molar-refractivity contribution in [1.82, 2.24) is 4.98 Å². The number of nitrogen functional groups attached to an aromatic ring is 1. The maximum Gasteiger partial charge on any atom is 0.337 e. The van der Waals surface area contributed by atoms with E-state index in [1.165, 1.54) is 19.2 Å². The Bertz CT molecular complexity index is 683. The normalized spacial score (nSPS) is 9.95. The number of anilines is 4. The maximum absolute atomic E-state index is 11.0. The number of hydrogen-bond donors (Lipinski definition) is 4. The molecule has 0 atom stereocenters. The second-order valence-corrected chi connectivity index (χ2v) is 4.31. The lowest BCUT2D eigenvalue weighted by Crippen LogP contribution is -2.07. The predicted molar refractivity (Wildman–Crippen MR) is 79.6 cm³/mol. The second-order valence-electron chi connectivity index (χ2n) is 4.31. The molecule has 0 saturated heterocycles. The minimum absolute atomic E-state index is 0.0117. The quantitative estimate of drug-likeness (QED) is 0.683. The minimum Gasteiger partial charge on any atom is -0.478 e. The van der Waals surface area contributed by atoms with Crippen LogP contribution in [-0.4, -0.2) is 22.0 Å². The summed E-state index contributed by atoms with van der Waals surface area (Å²) in [4.78, 5) is 25.9. The Kier molecular flexibility index (Phi) is 4.03. The number of pyridine rings is 1. The van der Waals surface area contributed by atoms with Gasteiger partial charge in [-0.1, -0.05) is 0 Å². The number of aromatic carboxylic acids is 1. The summed E-state index contributed by atoms with van der Waals surface area (Å²) < 4.78 is 0. The van der Waals surface area contributed by atoms with Gasteiger partial charge in [0.15, 0.2) is 5.82 Å². The molecule has 0 aliphatic heterocycles. The molecule has 2 rings (SSSR count). The van der Waals surface area contributed by atoms with E-state index in [4.69, 9.17) is 10.8 Å². The number of carboxylic acid groups (broad SMARTS) is 1. The standard InChI is InChI=1S/C14H14N4O3/c1-8(19)17-9-2-4-10(5-3-9)18-13-12(15)11(14(20)21)6-7-16-13/h2-7H,15H2,1H3,(H,16,18)(H,17,19)(H,20,21). The van der Waals surface area contributed by atoms with Gasteiger partial charge in [-0.05, 0) is 30.3 Å². The van der Waals surface area contributed by atoms with Crippen LogP contribution in [0, 0.1) is 0 Å². The lowest BCUT2D eigenvalue weighted by molar-refractivity contribution is -0.114. The highest BCUT2D eigenvalue weighted by Crippen LogP contribution is 2.24. The van der Waals surface area contributed by atoms with Gasteiger partial charge in [-0.3, -0.25) is 4.79 Å². The number of nitrogens with zero attached hydrogens (tertiary/aromatic N) is 1. The van der Waals surface area contributed by atoms with E-state index in [1.807, 2.05) is 0 Å². The number of carbonyl (C=O) groups is 2. The first-order valence-electron chi connectivity index (χ1n) is 6.10. The molecular formula is C14H14N4O3. The first kappa shape index (κ1) is 14.3. The number of rotatable bonds is 4. The summed E-state index contributed by atoms with van der Waals surface area (Å²) in [5.41, 5.74) is 7.15. The third kappa shape index (κ3) is 3.47. The molecule has 0 aliphatic carbocycles. The smallest absolute Gasteiger partial charge is 0.337 e. The molecule has 108 valence electrons. The number of carbonyl (C=O) groups excluding carboxylic acids is 1. The van der Waals surface area contributed by atoms with Crippen molar-refractivity contribution in [2.24, 2.45) is 0 Å². The van der Waals surface area contributed by atoms with Crippen molar-refractivity contribution < 1.29 is 14.7 Å². The molecule has 0 unspecified atom stereocenters. The molecule has 1 heterocycles. The van der Waals surface area contributed by atoms with Crippen LogP contribution in [0.4, 0.5) is 22.9 Å². The first-order valence-corrected chi connectivity index (χ1v) is 6.10. The van der Waals surface area contributed by atoms with E-state index in [0.717, 1.165) is 0 Å². The summed E-state index contributed by atoms with van der Waals surface area (Å²) in [6.45, 7) is 1.42. The van der Waals surface area contributed by atoms with Gasteiger partial charge in [0.25, 0.3) is 0 Å². The molecule has 0 bridgehead atoms. The molecule has 1 amide bonds. The fourth-order valence-electron chi connectivity index (χ4n) is 1.74. The molecule has 0 spiro atoms. The zero-order valence-corrected chi connectivity index (χ0v) is 11.3. The largest absolute Gasteiger partial charge is 0.478 e. The first-order chi connectivity index (χ1) is 9.97. The maximum atomic E-state index is 11.0. The van der Waals surface area contributed by atoms with Crippen molar-refractivity contribution in [3.8, 4) is 0 Å². The molecule has 0 aliphatic rings. The zero-order chi connectivity index (χ0) is 15.4. The Hall–Kier alpha value is -3.09. The van der Waals surface area contributed by atoms with E-state index >= 15 is 0 Å².